The zero-order valence-corrected chi connectivity index (χ0v) is 17.5. The van der Waals surface area contributed by atoms with Crippen LogP contribution >= 0.6 is 11.3 Å². The Morgan fingerprint density at radius 3 is 2.75 bits per heavy atom. The molecule has 28 heavy (non-hydrogen) atoms. The van der Waals surface area contributed by atoms with Gasteiger partial charge in [0.1, 0.15) is 18.5 Å². The SMILES string of the molecule is CCNC(=NCC(O)COc1cccc(C)c1)N1CCN(c2cccs2)CC1. The van der Waals surface area contributed by atoms with E-state index >= 15 is 0 Å². The van der Waals surface area contributed by atoms with E-state index in [2.05, 4.69) is 44.5 Å². The summed E-state index contributed by atoms with van der Waals surface area (Å²) >= 11 is 1.78. The highest BCUT2D eigenvalue weighted by molar-refractivity contribution is 7.14. The minimum atomic E-state index is -0.637. The van der Waals surface area contributed by atoms with Gasteiger partial charge in [0, 0.05) is 32.7 Å². The average Bonchev–Trinajstić information content (AvgIpc) is 3.25. The van der Waals surface area contributed by atoms with Crippen molar-refractivity contribution in [3.05, 3.63) is 47.3 Å². The summed E-state index contributed by atoms with van der Waals surface area (Å²) in [6, 6.07) is 12.1. The predicted molar refractivity (Wildman–Crippen MR) is 117 cm³/mol. The molecule has 1 aromatic carbocycles. The summed E-state index contributed by atoms with van der Waals surface area (Å²) in [6.07, 6.45) is -0.637. The number of piperazine rings is 1. The topological polar surface area (TPSA) is 60.3 Å². The van der Waals surface area contributed by atoms with Gasteiger partial charge in [-0.25, -0.2) is 0 Å². The highest BCUT2D eigenvalue weighted by Crippen LogP contribution is 2.22. The number of aliphatic hydroxyl groups excluding tert-OH is 1. The van der Waals surface area contributed by atoms with Crippen molar-refractivity contribution in [1.82, 2.24) is 10.2 Å². The Balaban J connectivity index is 1.49. The Hall–Kier alpha value is -2.25. The van der Waals surface area contributed by atoms with Crippen molar-refractivity contribution in [2.24, 2.45) is 4.99 Å². The third-order valence-corrected chi connectivity index (χ3v) is 5.54. The van der Waals surface area contributed by atoms with Gasteiger partial charge in [-0.15, -0.1) is 11.3 Å². The van der Waals surface area contributed by atoms with Crippen LogP contribution in [0.25, 0.3) is 0 Å². The lowest BCUT2D eigenvalue weighted by molar-refractivity contribution is 0.114. The first kappa shape index (κ1) is 20.5. The van der Waals surface area contributed by atoms with E-state index in [1.54, 1.807) is 11.3 Å². The summed E-state index contributed by atoms with van der Waals surface area (Å²) in [5.74, 6) is 1.64. The molecule has 0 radical (unpaired) electrons. The van der Waals surface area contributed by atoms with Crippen molar-refractivity contribution >= 4 is 22.3 Å². The van der Waals surface area contributed by atoms with Crippen LogP contribution in [0.1, 0.15) is 12.5 Å². The number of hydrogen-bond donors (Lipinski definition) is 2. The number of hydrogen-bond acceptors (Lipinski definition) is 5. The molecule has 1 unspecified atom stereocenters. The number of rotatable bonds is 7. The third-order valence-electron chi connectivity index (χ3n) is 4.62. The van der Waals surface area contributed by atoms with E-state index in [-0.39, 0.29) is 6.61 Å². The molecule has 0 spiro atoms. The number of aliphatic imine (C=N–C) groups is 1. The molecule has 7 heteroatoms. The van der Waals surface area contributed by atoms with Crippen molar-refractivity contribution in [2.75, 3.05) is 50.8 Å². The third kappa shape index (κ3) is 5.87. The van der Waals surface area contributed by atoms with Crippen LogP contribution in [0.2, 0.25) is 0 Å². The second-order valence-electron chi connectivity index (χ2n) is 6.90. The second kappa shape index (κ2) is 10.3. The van der Waals surface area contributed by atoms with Crippen LogP contribution in [0.15, 0.2) is 46.8 Å². The highest BCUT2D eigenvalue weighted by Gasteiger charge is 2.20. The Labute approximate surface area is 171 Å². The lowest BCUT2D eigenvalue weighted by Crippen LogP contribution is -2.52. The molecule has 0 bridgehead atoms. The number of guanidine groups is 1. The van der Waals surface area contributed by atoms with Gasteiger partial charge < -0.3 is 25.0 Å². The van der Waals surface area contributed by atoms with Gasteiger partial charge in [-0.2, -0.15) is 0 Å². The molecule has 152 valence electrons. The van der Waals surface area contributed by atoms with E-state index in [1.807, 2.05) is 31.2 Å². The molecular formula is C21H30N4O2S. The summed E-state index contributed by atoms with van der Waals surface area (Å²) in [5.41, 5.74) is 1.14. The maximum absolute atomic E-state index is 10.3. The molecule has 2 N–H and O–H groups in total. The van der Waals surface area contributed by atoms with Crippen molar-refractivity contribution < 1.29 is 9.84 Å². The van der Waals surface area contributed by atoms with E-state index in [1.165, 1.54) is 5.00 Å². The minimum Gasteiger partial charge on any atom is -0.491 e. The molecule has 6 nitrogen and oxygen atoms in total. The predicted octanol–water partition coefficient (Wildman–Crippen LogP) is 2.58. The number of benzene rings is 1. The molecule has 0 saturated carbocycles. The fourth-order valence-corrected chi connectivity index (χ4v) is 3.94. The number of nitrogens with one attached hydrogen (secondary N) is 1. The van der Waals surface area contributed by atoms with Gasteiger partial charge in [0.25, 0.3) is 0 Å². The van der Waals surface area contributed by atoms with Crippen LogP contribution in [0.4, 0.5) is 5.00 Å². The largest absolute Gasteiger partial charge is 0.491 e. The first-order valence-corrected chi connectivity index (χ1v) is 10.7. The first-order valence-electron chi connectivity index (χ1n) is 9.85. The van der Waals surface area contributed by atoms with Crippen LogP contribution in [-0.4, -0.2) is 67.9 Å². The van der Waals surface area contributed by atoms with Gasteiger partial charge in [-0.05, 0) is 49.1 Å². The molecule has 1 aromatic heterocycles. The van der Waals surface area contributed by atoms with Crippen LogP contribution in [0.5, 0.6) is 5.75 Å². The minimum absolute atomic E-state index is 0.235. The lowest BCUT2D eigenvalue weighted by atomic mass is 10.2. The molecule has 1 fully saturated rings. The molecule has 1 aliphatic heterocycles. The Morgan fingerprint density at radius 2 is 2.07 bits per heavy atom. The lowest BCUT2D eigenvalue weighted by Gasteiger charge is -2.37. The monoisotopic (exact) mass is 402 g/mol. The van der Waals surface area contributed by atoms with Gasteiger partial charge in [0.05, 0.1) is 11.5 Å². The number of aliphatic hydroxyl groups is 1. The first-order chi connectivity index (χ1) is 13.7. The normalized spacial score (nSPS) is 16.2. The summed E-state index contributed by atoms with van der Waals surface area (Å²) in [5, 5.41) is 17.1. The Bertz CT molecular complexity index is 743. The quantitative estimate of drug-likeness (QED) is 0.551. The van der Waals surface area contributed by atoms with Crippen LogP contribution in [-0.2, 0) is 0 Å². The fourth-order valence-electron chi connectivity index (χ4n) is 3.16. The molecular weight excluding hydrogens is 372 g/mol. The molecule has 2 heterocycles. The summed E-state index contributed by atoms with van der Waals surface area (Å²) in [7, 11) is 0. The molecule has 1 saturated heterocycles. The number of ether oxygens (including phenoxy) is 1. The maximum atomic E-state index is 10.3. The van der Waals surface area contributed by atoms with Gasteiger partial charge in [0.2, 0.25) is 0 Å². The smallest absolute Gasteiger partial charge is 0.194 e. The Kier molecular flexibility index (Phi) is 7.56. The Morgan fingerprint density at radius 1 is 1.25 bits per heavy atom. The van der Waals surface area contributed by atoms with Gasteiger partial charge >= 0.3 is 0 Å². The van der Waals surface area contributed by atoms with E-state index in [4.69, 9.17) is 4.74 Å². The average molecular weight is 403 g/mol. The van der Waals surface area contributed by atoms with Gasteiger partial charge in [-0.1, -0.05) is 12.1 Å². The second-order valence-corrected chi connectivity index (χ2v) is 7.83. The maximum Gasteiger partial charge on any atom is 0.194 e. The van der Waals surface area contributed by atoms with Crippen molar-refractivity contribution in [3.8, 4) is 5.75 Å². The summed E-state index contributed by atoms with van der Waals surface area (Å²) in [4.78, 5) is 9.32. The van der Waals surface area contributed by atoms with Crippen LogP contribution in [0, 0.1) is 6.92 Å². The van der Waals surface area contributed by atoms with Gasteiger partial charge in [-0.3, -0.25) is 4.99 Å². The standard InChI is InChI=1S/C21H30N4O2S/c1-3-22-21(25-11-9-24(10-12-25)20-8-5-13-28-20)23-15-18(26)16-27-19-7-4-6-17(2)14-19/h4-8,13-14,18,26H,3,9-12,15-16H2,1-2H3,(H,22,23). The van der Waals surface area contributed by atoms with E-state index in [0.717, 1.165) is 50.0 Å². The highest BCUT2D eigenvalue weighted by atomic mass is 32.1. The zero-order chi connectivity index (χ0) is 19.8. The van der Waals surface area contributed by atoms with Gasteiger partial charge in [0.15, 0.2) is 5.96 Å². The number of aryl methyl sites for hydroxylation is 1. The van der Waals surface area contributed by atoms with Crippen LogP contribution < -0.4 is 15.0 Å². The molecule has 3 rings (SSSR count). The number of thiophene rings is 1. The molecule has 1 aliphatic rings. The van der Waals surface area contributed by atoms with E-state index in [9.17, 15) is 5.11 Å². The number of anilines is 1. The van der Waals surface area contributed by atoms with Crippen LogP contribution in [0.3, 0.4) is 0 Å². The molecule has 0 aliphatic carbocycles. The number of nitrogens with zero attached hydrogens (tertiary/aromatic N) is 3. The molecule has 1 atom stereocenters. The molecule has 0 amide bonds. The van der Waals surface area contributed by atoms with Crippen molar-refractivity contribution in [1.29, 1.82) is 0 Å². The van der Waals surface area contributed by atoms with Crippen molar-refractivity contribution in [2.45, 2.75) is 20.0 Å². The molecule has 2 aromatic rings. The van der Waals surface area contributed by atoms with E-state index in [0.29, 0.717) is 6.54 Å². The van der Waals surface area contributed by atoms with E-state index < -0.39 is 6.10 Å². The summed E-state index contributed by atoms with van der Waals surface area (Å²) in [6.45, 7) is 9.23. The summed E-state index contributed by atoms with van der Waals surface area (Å²) < 4.78 is 5.68. The zero-order valence-electron chi connectivity index (χ0n) is 16.7. The fraction of sp³-hybridized carbons (Fsp3) is 0.476. The van der Waals surface area contributed by atoms with Crippen molar-refractivity contribution in [3.63, 3.8) is 0 Å².